The van der Waals surface area contributed by atoms with Gasteiger partial charge in [-0.25, -0.2) is 0 Å². The highest BCUT2D eigenvalue weighted by molar-refractivity contribution is 8.14. The van der Waals surface area contributed by atoms with Crippen LogP contribution in [0, 0.1) is 0 Å². The number of rotatable bonds is 10. The van der Waals surface area contributed by atoms with Crippen LogP contribution in [0.25, 0.3) is 0 Å². The van der Waals surface area contributed by atoms with Gasteiger partial charge in [-0.15, -0.1) is 0 Å². The number of carboxylic acid groups (broad SMARTS) is 1. The zero-order valence-corrected chi connectivity index (χ0v) is 17.3. The van der Waals surface area contributed by atoms with Crippen molar-refractivity contribution < 1.29 is 39.3 Å². The highest BCUT2D eigenvalue weighted by Gasteiger charge is 2.29. The number of hydrogen-bond donors (Lipinski definition) is 6. The predicted molar refractivity (Wildman–Crippen MR) is 112 cm³/mol. The smallest absolute Gasteiger partial charge is 0.322 e. The fourth-order valence-electron chi connectivity index (χ4n) is 2.37. The molecule has 0 bridgehead atoms. The second kappa shape index (κ2) is 11.4. The topological polar surface area (TPSA) is 187 Å². The molecule has 1 aromatic heterocycles. The first kappa shape index (κ1) is 24.3. The van der Waals surface area contributed by atoms with Crippen LogP contribution in [-0.4, -0.2) is 68.3 Å². The number of thioether (sulfide) groups is 1. The van der Waals surface area contributed by atoms with Gasteiger partial charge >= 0.3 is 5.97 Å². The van der Waals surface area contributed by atoms with Gasteiger partial charge in [0.15, 0.2) is 17.1 Å². The average Bonchev–Trinajstić information content (AvgIpc) is 3.11. The second-order valence-electron chi connectivity index (χ2n) is 6.21. The molecule has 0 aliphatic rings. The van der Waals surface area contributed by atoms with E-state index >= 15 is 0 Å². The van der Waals surface area contributed by atoms with Gasteiger partial charge in [0, 0.05) is 17.7 Å². The lowest BCUT2D eigenvalue weighted by Gasteiger charge is -2.19. The Morgan fingerprint density at radius 1 is 0.812 bits per heavy atom. The van der Waals surface area contributed by atoms with E-state index in [1.54, 1.807) is 18.2 Å². The normalized spacial score (nSPS) is 11.2. The zero-order chi connectivity index (χ0) is 23.7. The number of nitrogens with one attached hydrogen (secondary N) is 3. The molecule has 6 N–H and O–H groups in total. The Kier molecular flexibility index (Phi) is 8.65. The van der Waals surface area contributed by atoms with E-state index in [2.05, 4.69) is 10.6 Å². The number of amides is 3. The van der Waals surface area contributed by atoms with E-state index in [9.17, 15) is 34.2 Å². The number of carbonyl (C=O) groups is 5. The standard InChI is InChI=1S/C19H20N4O8S/c24-12(21-10-16(28)29)8-20-13(25)9-22-17(30)18(23-14(26)6-7-15(23)27)32-19(31)11-4-2-1-3-5-11/h1-7,18,26-27H,8-10H2,(H,20,25)(H,21,24)(H,22,30)(H,28,29). The molecule has 0 saturated carbocycles. The summed E-state index contributed by atoms with van der Waals surface area (Å²) in [5.41, 5.74) is 0.284. The van der Waals surface area contributed by atoms with Crippen molar-refractivity contribution in [1.29, 1.82) is 0 Å². The molecule has 0 saturated heterocycles. The predicted octanol–water partition coefficient (Wildman–Crippen LogP) is -0.595. The fraction of sp³-hybridized carbons (Fsp3) is 0.211. The monoisotopic (exact) mass is 464 g/mol. The summed E-state index contributed by atoms with van der Waals surface area (Å²) in [5.74, 6) is -4.57. The molecule has 1 atom stereocenters. The lowest BCUT2D eigenvalue weighted by Crippen LogP contribution is -2.44. The number of aromatic hydroxyl groups is 2. The van der Waals surface area contributed by atoms with Crippen molar-refractivity contribution in [2.24, 2.45) is 0 Å². The lowest BCUT2D eigenvalue weighted by molar-refractivity contribution is -0.137. The number of aliphatic carboxylic acids is 1. The van der Waals surface area contributed by atoms with Crippen LogP contribution in [-0.2, 0) is 19.2 Å². The Labute approximate surface area is 185 Å². The molecule has 0 spiro atoms. The van der Waals surface area contributed by atoms with Crippen LogP contribution in [0.1, 0.15) is 15.7 Å². The SMILES string of the molecule is O=C(O)CNC(=O)CNC(=O)CNC(=O)C(SC(=O)c1ccccc1)n1c(O)ccc1O. The number of carboxylic acids is 1. The molecule has 32 heavy (non-hydrogen) atoms. The van der Waals surface area contributed by atoms with Crippen molar-refractivity contribution >= 4 is 40.6 Å². The first-order valence-electron chi connectivity index (χ1n) is 9.07. The largest absolute Gasteiger partial charge is 0.494 e. The Morgan fingerprint density at radius 3 is 1.91 bits per heavy atom. The molecule has 1 aromatic carbocycles. The number of carbonyl (C=O) groups excluding carboxylic acids is 4. The maximum Gasteiger partial charge on any atom is 0.322 e. The second-order valence-corrected chi connectivity index (χ2v) is 7.26. The van der Waals surface area contributed by atoms with E-state index in [0.717, 1.165) is 16.7 Å². The molecule has 0 aliphatic carbocycles. The van der Waals surface area contributed by atoms with Crippen molar-refractivity contribution in [2.75, 3.05) is 19.6 Å². The average molecular weight is 464 g/mol. The van der Waals surface area contributed by atoms with Gasteiger partial charge in [-0.05, 0) is 11.8 Å². The molecule has 2 rings (SSSR count). The zero-order valence-electron chi connectivity index (χ0n) is 16.5. The van der Waals surface area contributed by atoms with Crippen LogP contribution in [0.5, 0.6) is 11.8 Å². The number of benzene rings is 1. The lowest BCUT2D eigenvalue weighted by atomic mass is 10.2. The van der Waals surface area contributed by atoms with Gasteiger partial charge in [-0.2, -0.15) is 0 Å². The molecular formula is C19H20N4O8S. The first-order chi connectivity index (χ1) is 15.2. The first-order valence-corrected chi connectivity index (χ1v) is 9.95. The van der Waals surface area contributed by atoms with Gasteiger partial charge in [0.1, 0.15) is 6.54 Å². The van der Waals surface area contributed by atoms with Gasteiger partial charge in [0.25, 0.3) is 5.91 Å². The van der Waals surface area contributed by atoms with E-state index in [1.807, 2.05) is 5.32 Å². The summed E-state index contributed by atoms with van der Waals surface area (Å²) < 4.78 is 0.818. The quantitative estimate of drug-likeness (QED) is 0.267. The van der Waals surface area contributed by atoms with Crippen molar-refractivity contribution in [3.05, 3.63) is 48.0 Å². The minimum Gasteiger partial charge on any atom is -0.494 e. The Balaban J connectivity index is 2.01. The van der Waals surface area contributed by atoms with E-state index in [1.165, 1.54) is 12.1 Å². The molecule has 1 unspecified atom stereocenters. The third-order valence-corrected chi connectivity index (χ3v) is 4.97. The molecule has 1 heterocycles. The van der Waals surface area contributed by atoms with Gasteiger partial charge < -0.3 is 31.3 Å². The minimum atomic E-state index is -1.44. The molecule has 12 nitrogen and oxygen atoms in total. The van der Waals surface area contributed by atoms with Crippen LogP contribution >= 0.6 is 11.8 Å². The number of hydrogen-bond acceptors (Lipinski definition) is 8. The molecule has 0 fully saturated rings. The van der Waals surface area contributed by atoms with Crippen molar-refractivity contribution in [1.82, 2.24) is 20.5 Å². The van der Waals surface area contributed by atoms with Crippen molar-refractivity contribution in [3.8, 4) is 11.8 Å². The summed E-state index contributed by atoms with van der Waals surface area (Å²) in [6.07, 6.45) is 0. The van der Waals surface area contributed by atoms with Crippen molar-refractivity contribution in [2.45, 2.75) is 5.37 Å². The Hall–Kier alpha value is -4.00. The summed E-state index contributed by atoms with van der Waals surface area (Å²) in [5, 5.41) is 33.0. The number of aromatic nitrogens is 1. The summed E-state index contributed by atoms with van der Waals surface area (Å²) in [7, 11) is 0. The third-order valence-electron chi connectivity index (χ3n) is 3.87. The van der Waals surface area contributed by atoms with Gasteiger partial charge in [-0.1, -0.05) is 30.3 Å². The Morgan fingerprint density at radius 2 is 1.34 bits per heavy atom. The van der Waals surface area contributed by atoms with E-state index < -0.39 is 65.6 Å². The molecule has 0 aliphatic heterocycles. The van der Waals surface area contributed by atoms with E-state index in [-0.39, 0.29) is 5.56 Å². The van der Waals surface area contributed by atoms with Crippen molar-refractivity contribution in [3.63, 3.8) is 0 Å². The van der Waals surface area contributed by atoms with E-state index in [4.69, 9.17) is 5.11 Å². The van der Waals surface area contributed by atoms with Crippen LogP contribution < -0.4 is 16.0 Å². The van der Waals surface area contributed by atoms with Gasteiger partial charge in [0.2, 0.25) is 16.9 Å². The molecule has 170 valence electrons. The van der Waals surface area contributed by atoms with Crippen LogP contribution in [0.2, 0.25) is 0 Å². The van der Waals surface area contributed by atoms with E-state index in [0.29, 0.717) is 11.8 Å². The molecule has 2 aromatic rings. The highest BCUT2D eigenvalue weighted by atomic mass is 32.2. The highest BCUT2D eigenvalue weighted by Crippen LogP contribution is 2.35. The minimum absolute atomic E-state index is 0.284. The molecular weight excluding hydrogens is 444 g/mol. The molecule has 3 amide bonds. The summed E-state index contributed by atoms with van der Waals surface area (Å²) in [6, 6.07) is 10.3. The molecule has 13 heteroatoms. The molecule has 0 radical (unpaired) electrons. The van der Waals surface area contributed by atoms with Crippen LogP contribution in [0.4, 0.5) is 0 Å². The van der Waals surface area contributed by atoms with Crippen LogP contribution in [0.15, 0.2) is 42.5 Å². The maximum atomic E-state index is 12.7. The summed E-state index contributed by atoms with van der Waals surface area (Å²) >= 11 is 0.512. The van der Waals surface area contributed by atoms with Gasteiger partial charge in [0.05, 0.1) is 13.1 Å². The summed E-state index contributed by atoms with van der Waals surface area (Å²) in [4.78, 5) is 58.9. The summed E-state index contributed by atoms with van der Waals surface area (Å²) in [6.45, 7) is -1.69. The Bertz CT molecular complexity index is 989. The van der Waals surface area contributed by atoms with Crippen LogP contribution in [0.3, 0.4) is 0 Å². The fourth-order valence-corrected chi connectivity index (χ4v) is 3.35. The third kappa shape index (κ3) is 7.05. The number of nitrogens with zero attached hydrogens (tertiary/aromatic N) is 1. The van der Waals surface area contributed by atoms with Gasteiger partial charge in [-0.3, -0.25) is 28.5 Å². The maximum absolute atomic E-state index is 12.7.